The first-order valence-electron chi connectivity index (χ1n) is 7.60. The molecule has 0 saturated carbocycles. The number of likely N-dealkylation sites (tertiary alicyclic amines) is 1. The van der Waals surface area contributed by atoms with E-state index in [1.165, 1.54) is 0 Å². The number of piperidine rings is 1. The summed E-state index contributed by atoms with van der Waals surface area (Å²) in [5.41, 5.74) is -0.825. The van der Waals surface area contributed by atoms with Crippen molar-refractivity contribution < 1.29 is 14.7 Å². The van der Waals surface area contributed by atoms with Crippen LogP contribution in [0.1, 0.15) is 66.7 Å². The predicted octanol–water partition coefficient (Wildman–Crippen LogP) is 3.30. The lowest BCUT2D eigenvalue weighted by Crippen LogP contribution is -2.57. The maximum Gasteiger partial charge on any atom is 0.329 e. The largest absolute Gasteiger partial charge is 0.480 e. The van der Waals surface area contributed by atoms with E-state index in [4.69, 9.17) is 0 Å². The summed E-state index contributed by atoms with van der Waals surface area (Å²) in [5, 5.41) is 9.44. The molecule has 1 N–H and O–H groups in total. The van der Waals surface area contributed by atoms with Gasteiger partial charge >= 0.3 is 5.97 Å². The van der Waals surface area contributed by atoms with Crippen molar-refractivity contribution >= 4 is 11.9 Å². The maximum absolute atomic E-state index is 12.5. The van der Waals surface area contributed by atoms with Crippen LogP contribution in [0.2, 0.25) is 0 Å². The monoisotopic (exact) mass is 283 g/mol. The highest BCUT2D eigenvalue weighted by atomic mass is 16.4. The van der Waals surface area contributed by atoms with Crippen LogP contribution in [-0.4, -0.2) is 34.0 Å². The minimum absolute atomic E-state index is 0.00801. The second-order valence-electron chi connectivity index (χ2n) is 7.66. The van der Waals surface area contributed by atoms with Crippen molar-refractivity contribution in [2.45, 2.75) is 72.3 Å². The van der Waals surface area contributed by atoms with Crippen LogP contribution in [0.25, 0.3) is 0 Å². The lowest BCUT2D eigenvalue weighted by Gasteiger charge is -2.42. The Hall–Kier alpha value is -1.06. The van der Waals surface area contributed by atoms with E-state index in [1.54, 1.807) is 11.8 Å². The molecular weight excluding hydrogens is 254 g/mol. The van der Waals surface area contributed by atoms with Crippen LogP contribution in [0.4, 0.5) is 0 Å². The Balaban J connectivity index is 2.72. The van der Waals surface area contributed by atoms with Gasteiger partial charge in [-0.1, -0.05) is 27.7 Å². The number of carbonyl (C=O) groups is 2. The van der Waals surface area contributed by atoms with Gasteiger partial charge in [0.1, 0.15) is 5.54 Å². The van der Waals surface area contributed by atoms with Gasteiger partial charge in [0, 0.05) is 13.0 Å². The Labute approximate surface area is 122 Å². The quantitative estimate of drug-likeness (QED) is 0.861. The van der Waals surface area contributed by atoms with Crippen LogP contribution in [0.15, 0.2) is 0 Å². The van der Waals surface area contributed by atoms with Gasteiger partial charge in [0.05, 0.1) is 0 Å². The molecule has 1 rings (SSSR count). The van der Waals surface area contributed by atoms with E-state index >= 15 is 0 Å². The average Bonchev–Trinajstić information content (AvgIpc) is 2.26. The number of aliphatic carboxylic acids is 1. The van der Waals surface area contributed by atoms with Crippen molar-refractivity contribution in [3.05, 3.63) is 0 Å². The third-order valence-electron chi connectivity index (χ3n) is 4.14. The van der Waals surface area contributed by atoms with Crippen LogP contribution in [0, 0.1) is 11.3 Å². The standard InChI is InChI=1S/C16H29NO3/c1-12(11-15(2,3)4)10-13(18)17-9-7-6-8-16(17,5)14(19)20/h12H,6-11H2,1-5H3,(H,19,20). The summed E-state index contributed by atoms with van der Waals surface area (Å²) < 4.78 is 0. The predicted molar refractivity (Wildman–Crippen MR) is 79.5 cm³/mol. The van der Waals surface area contributed by atoms with Crippen LogP contribution >= 0.6 is 0 Å². The van der Waals surface area contributed by atoms with Crippen LogP contribution in [-0.2, 0) is 9.59 Å². The summed E-state index contributed by atoms with van der Waals surface area (Å²) in [6.45, 7) is 10.8. The Bertz CT molecular complexity index is 372. The van der Waals surface area contributed by atoms with Gasteiger partial charge in [-0.3, -0.25) is 4.79 Å². The van der Waals surface area contributed by atoms with E-state index in [0.29, 0.717) is 19.4 Å². The molecule has 0 radical (unpaired) electrons. The number of carbonyl (C=O) groups excluding carboxylic acids is 1. The number of hydrogen-bond acceptors (Lipinski definition) is 2. The molecule has 2 unspecified atom stereocenters. The summed E-state index contributed by atoms with van der Waals surface area (Å²) >= 11 is 0. The fourth-order valence-corrected chi connectivity index (χ4v) is 3.27. The summed E-state index contributed by atoms with van der Waals surface area (Å²) in [5.74, 6) is -0.608. The Morgan fingerprint density at radius 1 is 1.30 bits per heavy atom. The van der Waals surface area contributed by atoms with Crippen molar-refractivity contribution in [2.75, 3.05) is 6.54 Å². The highest BCUT2D eigenvalue weighted by Gasteiger charge is 2.43. The Kier molecular flexibility index (Phi) is 5.22. The maximum atomic E-state index is 12.5. The van der Waals surface area contributed by atoms with Gasteiger partial charge in [0.15, 0.2) is 0 Å². The molecular formula is C16H29NO3. The number of carboxylic acids is 1. The van der Waals surface area contributed by atoms with E-state index in [1.807, 2.05) is 0 Å². The molecule has 0 aromatic heterocycles. The highest BCUT2D eigenvalue weighted by molar-refractivity contribution is 5.87. The van der Waals surface area contributed by atoms with Gasteiger partial charge in [-0.05, 0) is 43.9 Å². The van der Waals surface area contributed by atoms with E-state index in [9.17, 15) is 14.7 Å². The lowest BCUT2D eigenvalue weighted by atomic mass is 9.83. The molecule has 1 aliphatic heterocycles. The van der Waals surface area contributed by atoms with Gasteiger partial charge in [-0.15, -0.1) is 0 Å². The topological polar surface area (TPSA) is 57.6 Å². The molecule has 0 aliphatic carbocycles. The zero-order valence-electron chi connectivity index (χ0n) is 13.5. The van der Waals surface area contributed by atoms with Crippen molar-refractivity contribution in [1.82, 2.24) is 4.90 Å². The molecule has 1 amide bonds. The minimum atomic E-state index is -1.02. The third-order valence-corrected chi connectivity index (χ3v) is 4.14. The molecule has 20 heavy (non-hydrogen) atoms. The fraction of sp³-hybridized carbons (Fsp3) is 0.875. The third kappa shape index (κ3) is 4.22. The van der Waals surface area contributed by atoms with Gasteiger partial charge in [-0.25, -0.2) is 4.79 Å². The normalized spacial score (nSPS) is 25.4. The number of amides is 1. The molecule has 0 aromatic rings. The molecule has 0 spiro atoms. The van der Waals surface area contributed by atoms with E-state index in [-0.39, 0.29) is 17.2 Å². The summed E-state index contributed by atoms with van der Waals surface area (Å²) in [6.07, 6.45) is 3.75. The SMILES string of the molecule is CC(CC(=O)N1CCCCC1(C)C(=O)O)CC(C)(C)C. The average molecular weight is 283 g/mol. The second kappa shape index (κ2) is 6.15. The van der Waals surface area contributed by atoms with Gasteiger partial charge in [0.2, 0.25) is 5.91 Å². The Morgan fingerprint density at radius 2 is 1.90 bits per heavy atom. The van der Waals surface area contributed by atoms with Crippen molar-refractivity contribution in [2.24, 2.45) is 11.3 Å². The van der Waals surface area contributed by atoms with Crippen molar-refractivity contribution in [1.29, 1.82) is 0 Å². The number of nitrogens with zero attached hydrogens (tertiary/aromatic N) is 1. The smallest absolute Gasteiger partial charge is 0.329 e. The zero-order chi connectivity index (χ0) is 15.6. The molecule has 0 bridgehead atoms. The first-order valence-corrected chi connectivity index (χ1v) is 7.60. The van der Waals surface area contributed by atoms with Crippen molar-refractivity contribution in [3.8, 4) is 0 Å². The fourth-order valence-electron chi connectivity index (χ4n) is 3.27. The summed E-state index contributed by atoms with van der Waals surface area (Å²) in [6, 6.07) is 0. The van der Waals surface area contributed by atoms with Crippen LogP contribution in [0.3, 0.4) is 0 Å². The molecule has 2 atom stereocenters. The van der Waals surface area contributed by atoms with Gasteiger partial charge in [-0.2, -0.15) is 0 Å². The van der Waals surface area contributed by atoms with E-state index in [0.717, 1.165) is 19.3 Å². The van der Waals surface area contributed by atoms with Gasteiger partial charge < -0.3 is 10.0 Å². The zero-order valence-corrected chi connectivity index (χ0v) is 13.5. The lowest BCUT2D eigenvalue weighted by molar-refractivity contribution is -0.161. The highest BCUT2D eigenvalue weighted by Crippen LogP contribution is 2.31. The molecule has 1 saturated heterocycles. The Morgan fingerprint density at radius 3 is 2.40 bits per heavy atom. The number of hydrogen-bond donors (Lipinski definition) is 1. The summed E-state index contributed by atoms with van der Waals surface area (Å²) in [4.78, 5) is 25.6. The first kappa shape index (κ1) is 17.0. The molecule has 4 heteroatoms. The molecule has 116 valence electrons. The molecule has 1 aliphatic rings. The van der Waals surface area contributed by atoms with E-state index in [2.05, 4.69) is 27.7 Å². The van der Waals surface area contributed by atoms with E-state index < -0.39 is 11.5 Å². The van der Waals surface area contributed by atoms with Crippen molar-refractivity contribution in [3.63, 3.8) is 0 Å². The summed E-state index contributed by atoms with van der Waals surface area (Å²) in [7, 11) is 0. The van der Waals surface area contributed by atoms with Crippen LogP contribution in [0.5, 0.6) is 0 Å². The second-order valence-corrected chi connectivity index (χ2v) is 7.66. The minimum Gasteiger partial charge on any atom is -0.480 e. The molecule has 4 nitrogen and oxygen atoms in total. The van der Waals surface area contributed by atoms with Crippen LogP contribution < -0.4 is 0 Å². The number of rotatable bonds is 4. The molecule has 0 aromatic carbocycles. The molecule has 1 fully saturated rings. The van der Waals surface area contributed by atoms with Gasteiger partial charge in [0.25, 0.3) is 0 Å². The number of carboxylic acid groups (broad SMARTS) is 1. The first-order chi connectivity index (χ1) is 9.06. The molecule has 1 heterocycles.